The lowest BCUT2D eigenvalue weighted by atomic mass is 10.0. The van der Waals surface area contributed by atoms with Gasteiger partial charge in [-0.25, -0.2) is 13.2 Å². The molecule has 0 aromatic rings. The number of hydrogen-bond donors (Lipinski definition) is 1. The summed E-state index contributed by atoms with van der Waals surface area (Å²) in [5, 5.41) is 8.85. The molecule has 0 saturated carbocycles. The molecule has 0 spiro atoms. The lowest BCUT2D eigenvalue weighted by Crippen LogP contribution is -2.49. The number of aliphatic hydroxyl groups is 1. The van der Waals surface area contributed by atoms with E-state index in [1.807, 2.05) is 0 Å². The van der Waals surface area contributed by atoms with Crippen LogP contribution in [0, 0.1) is 0 Å². The van der Waals surface area contributed by atoms with Crippen LogP contribution in [0.15, 0.2) is 0 Å². The van der Waals surface area contributed by atoms with Crippen LogP contribution in [0.3, 0.4) is 0 Å². The van der Waals surface area contributed by atoms with E-state index in [0.29, 0.717) is 12.8 Å². The maximum Gasteiger partial charge on any atom is 0.425 e. The van der Waals surface area contributed by atoms with Crippen molar-refractivity contribution in [2.24, 2.45) is 0 Å². The van der Waals surface area contributed by atoms with E-state index < -0.39 is 30.8 Å². The molecule has 0 rings (SSSR count). The maximum atomic E-state index is 12.8. The van der Waals surface area contributed by atoms with E-state index in [4.69, 9.17) is 5.11 Å². The zero-order valence-corrected chi connectivity index (χ0v) is 8.70. The SMILES string of the molecule is CCCCCC(O)C(F)(F)C(F)C(F)(F)F. The molecule has 0 aromatic carbocycles. The van der Waals surface area contributed by atoms with E-state index in [-0.39, 0.29) is 6.42 Å². The summed E-state index contributed by atoms with van der Waals surface area (Å²) >= 11 is 0. The molecule has 2 unspecified atom stereocenters. The smallest absolute Gasteiger partial charge is 0.387 e. The van der Waals surface area contributed by atoms with Crippen LogP contribution in [-0.2, 0) is 0 Å². The van der Waals surface area contributed by atoms with Crippen molar-refractivity contribution in [3.05, 3.63) is 0 Å². The van der Waals surface area contributed by atoms with E-state index >= 15 is 0 Å². The number of alkyl halides is 6. The summed E-state index contributed by atoms with van der Waals surface area (Å²) in [6, 6.07) is 0. The van der Waals surface area contributed by atoms with Gasteiger partial charge in [0.25, 0.3) is 6.17 Å². The second-order valence-electron chi connectivity index (χ2n) is 3.59. The average molecular weight is 252 g/mol. The molecule has 0 aromatic heterocycles. The highest BCUT2D eigenvalue weighted by Gasteiger charge is 2.59. The topological polar surface area (TPSA) is 20.2 Å². The van der Waals surface area contributed by atoms with Gasteiger partial charge in [-0.3, -0.25) is 0 Å². The molecule has 0 saturated heterocycles. The lowest BCUT2D eigenvalue weighted by Gasteiger charge is -2.26. The Morgan fingerprint density at radius 1 is 1.06 bits per heavy atom. The van der Waals surface area contributed by atoms with Gasteiger partial charge >= 0.3 is 12.1 Å². The lowest BCUT2D eigenvalue weighted by molar-refractivity contribution is -0.268. The van der Waals surface area contributed by atoms with Gasteiger partial charge in [-0.05, 0) is 6.42 Å². The molecule has 0 bridgehead atoms. The molecule has 0 aliphatic rings. The molecule has 16 heavy (non-hydrogen) atoms. The Balaban J connectivity index is 4.40. The van der Waals surface area contributed by atoms with Crippen LogP contribution >= 0.6 is 0 Å². The first-order valence-corrected chi connectivity index (χ1v) is 4.90. The van der Waals surface area contributed by atoms with Crippen LogP contribution in [-0.4, -0.2) is 29.5 Å². The number of halogens is 6. The first-order chi connectivity index (χ1) is 7.14. The van der Waals surface area contributed by atoms with Crippen LogP contribution < -0.4 is 0 Å². The molecule has 98 valence electrons. The molecule has 7 heteroatoms. The van der Waals surface area contributed by atoms with Gasteiger partial charge in [0.15, 0.2) is 0 Å². The minimum atomic E-state index is -5.66. The van der Waals surface area contributed by atoms with Crippen molar-refractivity contribution in [1.82, 2.24) is 0 Å². The predicted molar refractivity (Wildman–Crippen MR) is 46.0 cm³/mol. The highest BCUT2D eigenvalue weighted by Crippen LogP contribution is 2.38. The van der Waals surface area contributed by atoms with Crippen LogP contribution in [0.25, 0.3) is 0 Å². The Morgan fingerprint density at radius 2 is 1.56 bits per heavy atom. The number of rotatable bonds is 6. The summed E-state index contributed by atoms with van der Waals surface area (Å²) < 4.78 is 73.2. The van der Waals surface area contributed by atoms with E-state index in [2.05, 4.69) is 0 Å². The molecule has 0 radical (unpaired) electrons. The third-order valence-corrected chi connectivity index (χ3v) is 2.15. The van der Waals surface area contributed by atoms with Crippen molar-refractivity contribution in [3.63, 3.8) is 0 Å². The van der Waals surface area contributed by atoms with E-state index in [1.54, 1.807) is 6.92 Å². The molecule has 1 nitrogen and oxygen atoms in total. The average Bonchev–Trinajstić information content (AvgIpc) is 2.15. The van der Waals surface area contributed by atoms with Gasteiger partial charge in [0.2, 0.25) is 0 Å². The number of hydrogen-bond acceptors (Lipinski definition) is 1. The minimum absolute atomic E-state index is 0.137. The normalized spacial score (nSPS) is 17.2. The standard InChI is InChI=1S/C9H14F6O/c1-2-3-4-5-6(16)8(11,12)7(10)9(13,14)15/h6-7,16H,2-5H2,1H3. The van der Waals surface area contributed by atoms with Crippen LogP contribution in [0.2, 0.25) is 0 Å². The van der Waals surface area contributed by atoms with Gasteiger partial charge in [-0.15, -0.1) is 0 Å². The van der Waals surface area contributed by atoms with Crippen LogP contribution in [0.4, 0.5) is 26.3 Å². The fourth-order valence-corrected chi connectivity index (χ4v) is 1.17. The van der Waals surface area contributed by atoms with Gasteiger partial charge in [-0.2, -0.15) is 13.2 Å². The number of aliphatic hydroxyl groups excluding tert-OH is 1. The van der Waals surface area contributed by atoms with Crippen molar-refractivity contribution in [1.29, 1.82) is 0 Å². The fourth-order valence-electron chi connectivity index (χ4n) is 1.17. The van der Waals surface area contributed by atoms with Crippen molar-refractivity contribution >= 4 is 0 Å². The first kappa shape index (κ1) is 15.5. The molecule has 0 aliphatic carbocycles. The van der Waals surface area contributed by atoms with Crippen molar-refractivity contribution in [2.45, 2.75) is 57.0 Å². The summed E-state index contributed by atoms with van der Waals surface area (Å²) in [7, 11) is 0. The maximum absolute atomic E-state index is 12.8. The zero-order chi connectivity index (χ0) is 13.0. The second kappa shape index (κ2) is 5.75. The van der Waals surface area contributed by atoms with E-state index in [0.717, 1.165) is 0 Å². The Hall–Kier alpha value is -0.460. The summed E-state index contributed by atoms with van der Waals surface area (Å²) in [4.78, 5) is 0. The first-order valence-electron chi connectivity index (χ1n) is 4.90. The molecular formula is C9H14F6O. The van der Waals surface area contributed by atoms with Crippen molar-refractivity contribution in [2.75, 3.05) is 0 Å². The Bertz CT molecular complexity index is 203. The van der Waals surface area contributed by atoms with Gasteiger partial charge in [-0.1, -0.05) is 26.2 Å². The quantitative estimate of drug-likeness (QED) is 0.567. The second-order valence-corrected chi connectivity index (χ2v) is 3.59. The van der Waals surface area contributed by atoms with Crippen molar-refractivity contribution in [3.8, 4) is 0 Å². The fraction of sp³-hybridized carbons (Fsp3) is 1.00. The zero-order valence-electron chi connectivity index (χ0n) is 8.70. The summed E-state index contributed by atoms with van der Waals surface area (Å²) in [6.07, 6.45) is -11.8. The Kier molecular flexibility index (Phi) is 5.58. The molecule has 0 aliphatic heterocycles. The van der Waals surface area contributed by atoms with Gasteiger partial charge in [0.1, 0.15) is 6.10 Å². The highest BCUT2D eigenvalue weighted by molar-refractivity contribution is 4.88. The molecule has 2 atom stereocenters. The minimum Gasteiger partial charge on any atom is -0.387 e. The molecule has 0 amide bonds. The number of unbranched alkanes of at least 4 members (excludes halogenated alkanes) is 2. The Labute approximate surface area is 89.4 Å². The summed E-state index contributed by atoms with van der Waals surface area (Å²) in [6.45, 7) is 1.76. The molecular weight excluding hydrogens is 238 g/mol. The third-order valence-electron chi connectivity index (χ3n) is 2.15. The highest BCUT2D eigenvalue weighted by atomic mass is 19.4. The summed E-state index contributed by atoms with van der Waals surface area (Å²) in [5.74, 6) is -4.79. The van der Waals surface area contributed by atoms with Crippen LogP contribution in [0.5, 0.6) is 0 Å². The monoisotopic (exact) mass is 252 g/mol. The predicted octanol–water partition coefficient (Wildman–Crippen LogP) is 3.46. The largest absolute Gasteiger partial charge is 0.425 e. The van der Waals surface area contributed by atoms with Crippen molar-refractivity contribution < 1.29 is 31.4 Å². The molecule has 0 heterocycles. The third kappa shape index (κ3) is 4.19. The molecule has 0 fully saturated rings. The van der Waals surface area contributed by atoms with Crippen LogP contribution in [0.1, 0.15) is 32.6 Å². The Morgan fingerprint density at radius 3 is 1.94 bits per heavy atom. The van der Waals surface area contributed by atoms with Gasteiger partial charge < -0.3 is 5.11 Å². The van der Waals surface area contributed by atoms with Gasteiger partial charge in [0.05, 0.1) is 0 Å². The summed E-state index contributed by atoms with van der Waals surface area (Å²) in [5.41, 5.74) is 0. The molecule has 1 N–H and O–H groups in total. The van der Waals surface area contributed by atoms with Gasteiger partial charge in [0, 0.05) is 0 Å². The van der Waals surface area contributed by atoms with E-state index in [1.165, 1.54) is 0 Å². The van der Waals surface area contributed by atoms with E-state index in [9.17, 15) is 26.3 Å².